The van der Waals surface area contributed by atoms with Gasteiger partial charge in [0.2, 0.25) is 0 Å². The maximum Gasteiger partial charge on any atom is 0.306 e. The number of nitrogens with one attached hydrogen (secondary N) is 3. The molecule has 0 saturated carbocycles. The van der Waals surface area contributed by atoms with Crippen LogP contribution in [0.3, 0.4) is 0 Å². The third kappa shape index (κ3) is 7.25. The highest BCUT2D eigenvalue weighted by Gasteiger charge is 2.18. The van der Waals surface area contributed by atoms with E-state index in [2.05, 4.69) is 15.4 Å². The molecule has 0 unspecified atom stereocenters. The number of allylic oxidation sites excluding steroid dienone is 1. The number of hydrogen-bond donors (Lipinski definition) is 3. The smallest absolute Gasteiger partial charge is 0.306 e. The van der Waals surface area contributed by atoms with Crippen LogP contribution in [-0.2, 0) is 15.3 Å². The molecule has 9 heteroatoms. The lowest BCUT2D eigenvalue weighted by Gasteiger charge is -2.12. The van der Waals surface area contributed by atoms with Crippen LogP contribution in [0.15, 0.2) is 54.2 Å². The molecule has 0 atom stereocenters. The fourth-order valence-corrected chi connectivity index (χ4v) is 3.78. The number of ether oxygens (including phenoxy) is 1. The van der Waals surface area contributed by atoms with Gasteiger partial charge in [0.1, 0.15) is 0 Å². The molecule has 0 aliphatic heterocycles. The number of Topliss-reactive ketones (excluding diaryl/α,β-unsaturated/α-hetero) is 1. The number of benzene rings is 2. The Labute approximate surface area is 196 Å². The highest BCUT2D eigenvalue weighted by molar-refractivity contribution is 7.98. The number of methoxy groups -OCH3 is 1. The fraction of sp³-hybridized carbons (Fsp3) is 0.217. The normalized spacial score (nSPS) is 10.9. The Morgan fingerprint density at radius 3 is 2.66 bits per heavy atom. The largest absolute Gasteiger partial charge is 0.469 e. The lowest BCUT2D eigenvalue weighted by molar-refractivity contribution is -0.140. The number of amides is 1. The molecule has 7 nitrogen and oxygen atoms in total. The Bertz CT molecular complexity index is 1040. The van der Waals surface area contributed by atoms with Crippen molar-refractivity contribution in [3.63, 3.8) is 0 Å². The lowest BCUT2D eigenvalue weighted by Crippen LogP contribution is -2.16. The summed E-state index contributed by atoms with van der Waals surface area (Å²) in [5.74, 6) is 0.184. The summed E-state index contributed by atoms with van der Waals surface area (Å²) >= 11 is 7.63. The van der Waals surface area contributed by atoms with Gasteiger partial charge in [0.05, 0.1) is 24.8 Å². The first-order valence-corrected chi connectivity index (χ1v) is 11.2. The van der Waals surface area contributed by atoms with Gasteiger partial charge in [-0.05, 0) is 35.9 Å². The van der Waals surface area contributed by atoms with E-state index in [1.54, 1.807) is 49.1 Å². The first kappa shape index (κ1) is 25.2. The third-order valence-corrected chi connectivity index (χ3v) is 5.59. The highest BCUT2D eigenvalue weighted by atomic mass is 35.5. The van der Waals surface area contributed by atoms with Crippen molar-refractivity contribution in [2.45, 2.75) is 12.2 Å². The van der Waals surface area contributed by atoms with Gasteiger partial charge < -0.3 is 20.8 Å². The van der Waals surface area contributed by atoms with E-state index >= 15 is 0 Å². The van der Waals surface area contributed by atoms with E-state index in [-0.39, 0.29) is 23.0 Å². The second-order valence-corrected chi connectivity index (χ2v) is 8.13. The molecule has 0 aliphatic rings. The number of halogens is 1. The molecule has 0 fully saturated rings. The molecule has 0 radical (unpaired) electrons. The Morgan fingerprint density at radius 2 is 1.97 bits per heavy atom. The topological polar surface area (TPSA) is 108 Å². The number of carbonyl (C=O) groups excluding carboxylic acids is 3. The van der Waals surface area contributed by atoms with Gasteiger partial charge in [-0.3, -0.25) is 14.4 Å². The maximum absolute atomic E-state index is 12.9. The van der Waals surface area contributed by atoms with Crippen LogP contribution in [0.4, 0.5) is 5.69 Å². The zero-order valence-corrected chi connectivity index (χ0v) is 19.3. The number of anilines is 1. The first-order valence-electron chi connectivity index (χ1n) is 9.66. The molecule has 168 valence electrons. The molecule has 0 spiro atoms. The Kier molecular flexibility index (Phi) is 9.97. The summed E-state index contributed by atoms with van der Waals surface area (Å²) in [6.07, 6.45) is 2.67. The summed E-state index contributed by atoms with van der Waals surface area (Å²) in [7, 11) is 2.98. The average molecular weight is 474 g/mol. The van der Waals surface area contributed by atoms with Crippen molar-refractivity contribution >= 4 is 52.9 Å². The van der Waals surface area contributed by atoms with Gasteiger partial charge in [0.25, 0.3) is 5.91 Å². The summed E-state index contributed by atoms with van der Waals surface area (Å²) < 4.78 is 4.62. The van der Waals surface area contributed by atoms with E-state index < -0.39 is 5.78 Å². The number of ketones is 1. The van der Waals surface area contributed by atoms with Gasteiger partial charge in [0.15, 0.2) is 5.78 Å². The molecule has 32 heavy (non-hydrogen) atoms. The molecule has 2 rings (SSSR count). The molecule has 0 aromatic heterocycles. The minimum atomic E-state index is -0.442. The van der Waals surface area contributed by atoms with Crippen LogP contribution < -0.4 is 10.6 Å². The van der Waals surface area contributed by atoms with Crippen LogP contribution in [0.5, 0.6) is 0 Å². The van der Waals surface area contributed by atoms with Gasteiger partial charge in [0, 0.05) is 47.1 Å². The number of hydrogen-bond acceptors (Lipinski definition) is 7. The summed E-state index contributed by atoms with van der Waals surface area (Å²) in [6.45, 7) is 0. The van der Waals surface area contributed by atoms with Gasteiger partial charge in [-0.2, -0.15) is 11.8 Å². The lowest BCUT2D eigenvalue weighted by atomic mass is 10.0. The predicted octanol–water partition coefficient (Wildman–Crippen LogP) is 4.32. The standard InChI is InChI=1S/C23H24ClN3O4S/c1-26-13-17(12-25)22(29)19-11-18(24)6-7-20(19)27-23(30)16-5-3-4-15(10-16)14-32-9-8-21(28)31-2/h3-7,10-13,25-26H,8-9,14H2,1-2H3,(H,27,30)/b17-13+,25-12?. The molecular weight excluding hydrogens is 450 g/mol. The summed E-state index contributed by atoms with van der Waals surface area (Å²) in [5.41, 5.74) is 1.97. The van der Waals surface area contributed by atoms with E-state index in [9.17, 15) is 14.4 Å². The predicted molar refractivity (Wildman–Crippen MR) is 129 cm³/mol. The molecular formula is C23H24ClN3O4S. The zero-order valence-electron chi connectivity index (χ0n) is 17.7. The van der Waals surface area contributed by atoms with E-state index in [0.717, 1.165) is 11.8 Å². The van der Waals surface area contributed by atoms with Crippen LogP contribution in [0, 0.1) is 5.41 Å². The van der Waals surface area contributed by atoms with Crippen LogP contribution in [0.2, 0.25) is 5.02 Å². The van der Waals surface area contributed by atoms with Crippen molar-refractivity contribution in [2.24, 2.45) is 0 Å². The van der Waals surface area contributed by atoms with Crippen LogP contribution in [0.25, 0.3) is 0 Å². The van der Waals surface area contributed by atoms with Crippen molar-refractivity contribution < 1.29 is 19.1 Å². The third-order valence-electron chi connectivity index (χ3n) is 4.33. The Balaban J connectivity index is 2.16. The van der Waals surface area contributed by atoms with E-state index in [1.807, 2.05) is 6.07 Å². The second-order valence-electron chi connectivity index (χ2n) is 6.58. The highest BCUT2D eigenvalue weighted by Crippen LogP contribution is 2.24. The van der Waals surface area contributed by atoms with Crippen LogP contribution in [0.1, 0.15) is 32.7 Å². The molecule has 3 N–H and O–H groups in total. The zero-order chi connectivity index (χ0) is 23.5. The summed E-state index contributed by atoms with van der Waals surface area (Å²) in [4.78, 5) is 36.9. The SMILES string of the molecule is CN/C=C(\C=N)C(=O)c1cc(Cl)ccc1NC(=O)c1cccc(CSCCC(=O)OC)c1. The molecule has 1 amide bonds. The van der Waals surface area contributed by atoms with E-state index in [4.69, 9.17) is 17.0 Å². The van der Waals surface area contributed by atoms with Crippen molar-refractivity contribution in [3.8, 4) is 0 Å². The first-order chi connectivity index (χ1) is 15.4. The number of thioether (sulfide) groups is 1. The average Bonchev–Trinajstić information content (AvgIpc) is 2.80. The minimum Gasteiger partial charge on any atom is -0.469 e. The Morgan fingerprint density at radius 1 is 1.19 bits per heavy atom. The number of esters is 1. The van der Waals surface area contributed by atoms with Gasteiger partial charge in [-0.25, -0.2) is 0 Å². The van der Waals surface area contributed by atoms with Gasteiger partial charge in [-0.15, -0.1) is 0 Å². The van der Waals surface area contributed by atoms with Gasteiger partial charge in [-0.1, -0.05) is 23.7 Å². The molecule has 2 aromatic rings. The fourth-order valence-electron chi connectivity index (χ4n) is 2.74. The molecule has 0 aliphatic carbocycles. The van der Waals surface area contributed by atoms with Gasteiger partial charge >= 0.3 is 5.97 Å². The van der Waals surface area contributed by atoms with Crippen molar-refractivity contribution in [1.82, 2.24) is 5.32 Å². The van der Waals surface area contributed by atoms with Crippen molar-refractivity contribution in [2.75, 3.05) is 25.2 Å². The van der Waals surface area contributed by atoms with E-state index in [0.29, 0.717) is 34.2 Å². The number of rotatable bonds is 11. The van der Waals surface area contributed by atoms with Crippen LogP contribution >= 0.6 is 23.4 Å². The van der Waals surface area contributed by atoms with Crippen molar-refractivity contribution in [3.05, 3.63) is 76.0 Å². The maximum atomic E-state index is 12.9. The minimum absolute atomic E-state index is 0.122. The molecule has 0 bridgehead atoms. The Hall–Kier alpha value is -3.10. The monoisotopic (exact) mass is 473 g/mol. The second kappa shape index (κ2) is 12.7. The molecule has 0 saturated heterocycles. The number of carbonyl (C=O) groups is 3. The summed E-state index contributed by atoms with van der Waals surface area (Å²) in [6, 6.07) is 11.7. The van der Waals surface area contributed by atoms with Crippen LogP contribution in [-0.4, -0.2) is 43.8 Å². The van der Waals surface area contributed by atoms with E-state index in [1.165, 1.54) is 19.4 Å². The molecule has 0 heterocycles. The molecule has 2 aromatic carbocycles. The van der Waals surface area contributed by atoms with Crippen molar-refractivity contribution in [1.29, 1.82) is 5.41 Å². The summed E-state index contributed by atoms with van der Waals surface area (Å²) in [5, 5.41) is 13.3. The quantitative estimate of drug-likeness (QED) is 0.147.